The molecule has 7 heteroatoms. The van der Waals surface area contributed by atoms with Crippen molar-refractivity contribution in [1.82, 2.24) is 10.6 Å². The first kappa shape index (κ1) is 24.8. The highest BCUT2D eigenvalue weighted by Gasteiger charge is 2.40. The van der Waals surface area contributed by atoms with Gasteiger partial charge in [-0.3, -0.25) is 9.59 Å². The summed E-state index contributed by atoms with van der Waals surface area (Å²) in [5.41, 5.74) is 4.26. The molecule has 2 aliphatic rings. The standard InChI is InChI=1S/C28H34N2O5/c31-25(30-28(15-9-16-28)18-26(32)33)14-3-1-2-8-17-29-27(34)35-19-24-22-12-6-4-10-20(22)21-11-5-7-13-23(21)24/h4-7,10-13,24H,1-3,8-9,14-19H2,(H,29,34)(H,30,31)(H,32,33). The molecular formula is C28H34N2O5. The smallest absolute Gasteiger partial charge is 0.407 e. The third kappa shape index (κ3) is 6.21. The number of hydrogen-bond donors (Lipinski definition) is 3. The van der Waals surface area contributed by atoms with Gasteiger partial charge in [-0.1, -0.05) is 61.4 Å². The Kier molecular flexibility index (Phi) is 8.06. The van der Waals surface area contributed by atoms with Gasteiger partial charge >= 0.3 is 12.1 Å². The minimum absolute atomic E-state index is 0.000276. The fourth-order valence-electron chi connectivity index (χ4n) is 5.20. The van der Waals surface area contributed by atoms with E-state index in [9.17, 15) is 14.4 Å². The highest BCUT2D eigenvalue weighted by Crippen LogP contribution is 2.44. The molecule has 0 heterocycles. The molecule has 0 radical (unpaired) electrons. The van der Waals surface area contributed by atoms with Crippen LogP contribution >= 0.6 is 0 Å². The second-order valence-electron chi connectivity index (χ2n) is 9.67. The molecule has 1 saturated carbocycles. The van der Waals surface area contributed by atoms with Crippen molar-refractivity contribution in [3.8, 4) is 11.1 Å². The van der Waals surface area contributed by atoms with Gasteiger partial charge in [-0.05, 0) is 54.4 Å². The molecule has 1 fully saturated rings. The van der Waals surface area contributed by atoms with Crippen molar-refractivity contribution in [2.45, 2.75) is 69.2 Å². The molecule has 2 amide bonds. The Morgan fingerprint density at radius 1 is 0.914 bits per heavy atom. The van der Waals surface area contributed by atoms with Crippen molar-refractivity contribution in [2.24, 2.45) is 0 Å². The summed E-state index contributed by atoms with van der Waals surface area (Å²) in [6, 6.07) is 16.5. The highest BCUT2D eigenvalue weighted by molar-refractivity contribution is 5.79. The molecule has 2 aromatic rings. The number of aliphatic carboxylic acids is 1. The van der Waals surface area contributed by atoms with E-state index in [4.69, 9.17) is 9.84 Å². The van der Waals surface area contributed by atoms with Crippen LogP contribution < -0.4 is 10.6 Å². The lowest BCUT2D eigenvalue weighted by Crippen LogP contribution is -2.54. The van der Waals surface area contributed by atoms with Gasteiger partial charge in [0.05, 0.1) is 12.0 Å². The predicted octanol–water partition coefficient (Wildman–Crippen LogP) is 4.99. The molecule has 2 aliphatic carbocycles. The fourth-order valence-corrected chi connectivity index (χ4v) is 5.20. The van der Waals surface area contributed by atoms with Crippen molar-refractivity contribution in [1.29, 1.82) is 0 Å². The highest BCUT2D eigenvalue weighted by atomic mass is 16.5. The Bertz CT molecular complexity index is 1020. The van der Waals surface area contributed by atoms with Gasteiger partial charge in [0, 0.05) is 18.9 Å². The lowest BCUT2D eigenvalue weighted by atomic mass is 9.74. The van der Waals surface area contributed by atoms with E-state index in [1.54, 1.807) is 0 Å². The average molecular weight is 479 g/mol. The first-order chi connectivity index (χ1) is 17.0. The van der Waals surface area contributed by atoms with E-state index < -0.39 is 17.6 Å². The summed E-state index contributed by atoms with van der Waals surface area (Å²) in [5, 5.41) is 14.8. The molecule has 35 heavy (non-hydrogen) atoms. The summed E-state index contributed by atoms with van der Waals surface area (Å²) in [4.78, 5) is 35.4. The van der Waals surface area contributed by atoms with E-state index in [1.165, 1.54) is 22.3 Å². The summed E-state index contributed by atoms with van der Waals surface area (Å²) >= 11 is 0. The largest absolute Gasteiger partial charge is 0.481 e. The minimum Gasteiger partial charge on any atom is -0.481 e. The van der Waals surface area contributed by atoms with Crippen LogP contribution in [0, 0.1) is 0 Å². The first-order valence-corrected chi connectivity index (χ1v) is 12.6. The van der Waals surface area contributed by atoms with Crippen LogP contribution in [0.3, 0.4) is 0 Å². The zero-order chi connectivity index (χ0) is 24.7. The van der Waals surface area contributed by atoms with Crippen LogP contribution in [-0.4, -0.2) is 41.8 Å². The Morgan fingerprint density at radius 3 is 2.14 bits per heavy atom. The van der Waals surface area contributed by atoms with Gasteiger partial charge in [0.2, 0.25) is 5.91 Å². The maximum absolute atomic E-state index is 12.2. The lowest BCUT2D eigenvalue weighted by Gasteiger charge is -2.41. The SMILES string of the molecule is O=C(O)CC1(NC(=O)CCCCCCNC(=O)OCC2c3ccccc3-c3ccccc32)CCC1. The zero-order valence-corrected chi connectivity index (χ0v) is 20.1. The number of carboxylic acid groups (broad SMARTS) is 1. The number of nitrogens with one attached hydrogen (secondary N) is 2. The number of carbonyl (C=O) groups is 3. The second kappa shape index (κ2) is 11.4. The van der Waals surface area contributed by atoms with Gasteiger partial charge < -0.3 is 20.5 Å². The van der Waals surface area contributed by atoms with Gasteiger partial charge in [0.1, 0.15) is 6.61 Å². The maximum atomic E-state index is 12.2. The second-order valence-corrected chi connectivity index (χ2v) is 9.67. The minimum atomic E-state index is -0.867. The predicted molar refractivity (Wildman–Crippen MR) is 133 cm³/mol. The van der Waals surface area contributed by atoms with E-state index in [0.717, 1.165) is 44.9 Å². The van der Waals surface area contributed by atoms with E-state index in [0.29, 0.717) is 19.6 Å². The lowest BCUT2D eigenvalue weighted by molar-refractivity contribution is -0.140. The van der Waals surface area contributed by atoms with Crippen molar-refractivity contribution < 1.29 is 24.2 Å². The molecule has 0 spiro atoms. The molecule has 2 aromatic carbocycles. The molecule has 0 atom stereocenters. The molecule has 4 rings (SSSR count). The van der Waals surface area contributed by atoms with Crippen molar-refractivity contribution in [3.63, 3.8) is 0 Å². The molecule has 0 aromatic heterocycles. The fraction of sp³-hybridized carbons (Fsp3) is 0.464. The van der Waals surface area contributed by atoms with Crippen LogP contribution in [0.1, 0.15) is 74.8 Å². The molecule has 0 saturated heterocycles. The van der Waals surface area contributed by atoms with Crippen molar-refractivity contribution >= 4 is 18.0 Å². The summed E-state index contributed by atoms with van der Waals surface area (Å²) in [6.07, 6.45) is 5.79. The van der Waals surface area contributed by atoms with Crippen LogP contribution in [0.15, 0.2) is 48.5 Å². The molecule has 186 valence electrons. The number of amides is 2. The number of alkyl carbamates (subject to hydrolysis) is 1. The molecule has 7 nitrogen and oxygen atoms in total. The van der Waals surface area contributed by atoms with Crippen LogP contribution in [0.25, 0.3) is 11.1 Å². The molecule has 0 aliphatic heterocycles. The van der Waals surface area contributed by atoms with Crippen LogP contribution in [0.4, 0.5) is 4.79 Å². The van der Waals surface area contributed by atoms with E-state index in [2.05, 4.69) is 34.9 Å². The van der Waals surface area contributed by atoms with Gasteiger partial charge in [-0.2, -0.15) is 0 Å². The van der Waals surface area contributed by atoms with Crippen molar-refractivity contribution in [3.05, 3.63) is 59.7 Å². The Labute approximate surface area is 206 Å². The topological polar surface area (TPSA) is 105 Å². The zero-order valence-electron chi connectivity index (χ0n) is 20.1. The van der Waals surface area contributed by atoms with Crippen LogP contribution in [-0.2, 0) is 14.3 Å². The van der Waals surface area contributed by atoms with Gasteiger partial charge in [-0.15, -0.1) is 0 Å². The van der Waals surface area contributed by atoms with Gasteiger partial charge in [0.25, 0.3) is 0 Å². The number of carboxylic acids is 1. The van der Waals surface area contributed by atoms with E-state index in [1.807, 2.05) is 24.3 Å². The van der Waals surface area contributed by atoms with E-state index >= 15 is 0 Å². The molecule has 0 bridgehead atoms. The molecular weight excluding hydrogens is 444 g/mol. The summed E-state index contributed by atoms with van der Waals surface area (Å²) in [6.45, 7) is 0.836. The van der Waals surface area contributed by atoms with Gasteiger partial charge in [0.15, 0.2) is 0 Å². The van der Waals surface area contributed by atoms with E-state index in [-0.39, 0.29) is 18.2 Å². The average Bonchev–Trinajstić information content (AvgIpc) is 3.14. The normalized spacial score (nSPS) is 15.4. The maximum Gasteiger partial charge on any atom is 0.407 e. The third-order valence-electron chi connectivity index (χ3n) is 7.15. The quantitative estimate of drug-likeness (QED) is 0.373. The number of fused-ring (bicyclic) bond motifs is 3. The Morgan fingerprint density at radius 2 is 1.54 bits per heavy atom. The molecule has 0 unspecified atom stereocenters. The monoisotopic (exact) mass is 478 g/mol. The summed E-state index contributed by atoms with van der Waals surface area (Å²) in [5.74, 6) is -0.884. The summed E-state index contributed by atoms with van der Waals surface area (Å²) < 4.78 is 5.54. The Balaban J connectivity index is 1.09. The van der Waals surface area contributed by atoms with Crippen molar-refractivity contribution in [2.75, 3.05) is 13.2 Å². The number of carbonyl (C=O) groups excluding carboxylic acids is 2. The third-order valence-corrected chi connectivity index (χ3v) is 7.15. The van der Waals surface area contributed by atoms with Gasteiger partial charge in [-0.25, -0.2) is 4.79 Å². The number of hydrogen-bond acceptors (Lipinski definition) is 4. The number of ether oxygens (including phenoxy) is 1. The molecule has 3 N–H and O–H groups in total. The Hall–Kier alpha value is -3.35. The number of rotatable bonds is 12. The summed E-state index contributed by atoms with van der Waals surface area (Å²) in [7, 11) is 0. The van der Waals surface area contributed by atoms with Crippen LogP contribution in [0.2, 0.25) is 0 Å². The van der Waals surface area contributed by atoms with Crippen LogP contribution in [0.5, 0.6) is 0 Å². The number of unbranched alkanes of at least 4 members (excludes halogenated alkanes) is 3. The first-order valence-electron chi connectivity index (χ1n) is 12.6. The number of benzene rings is 2.